The number of benzene rings is 2. The summed E-state index contributed by atoms with van der Waals surface area (Å²) < 4.78 is 33.0. The summed E-state index contributed by atoms with van der Waals surface area (Å²) in [6.45, 7) is 0. The Morgan fingerprint density at radius 1 is 1.13 bits per heavy atom. The quantitative estimate of drug-likeness (QED) is 0.465. The number of carbonyl (C=O) groups is 3. The van der Waals surface area contributed by atoms with Crippen LogP contribution < -0.4 is 25.4 Å². The van der Waals surface area contributed by atoms with Crippen LogP contribution in [0.15, 0.2) is 53.4 Å². The molecule has 10 nitrogen and oxygen atoms in total. The molecule has 158 valence electrons. The van der Waals surface area contributed by atoms with Gasteiger partial charge in [-0.3, -0.25) is 19.6 Å². The van der Waals surface area contributed by atoms with Crippen molar-refractivity contribution in [3.8, 4) is 5.75 Å². The number of methoxy groups -OCH3 is 1. The highest BCUT2D eigenvalue weighted by Crippen LogP contribution is 2.26. The summed E-state index contributed by atoms with van der Waals surface area (Å²) in [5, 5.41) is 7.09. The number of para-hydroxylation sites is 2. The average molecular weight is 432 g/mol. The molecular formula is C19H20N4O6S. The molecule has 2 aromatic carbocycles. The van der Waals surface area contributed by atoms with Gasteiger partial charge in [-0.25, -0.2) is 13.2 Å². The minimum atomic E-state index is -3.92. The number of ether oxygens (including phenoxy) is 1. The number of hydrogen-bond acceptors (Lipinski definition) is 6. The first-order valence-corrected chi connectivity index (χ1v) is 10.4. The molecule has 4 N–H and O–H groups in total. The number of hydrogen-bond donors (Lipinski definition) is 4. The maximum Gasteiger partial charge on any atom is 0.322 e. The Bertz CT molecular complexity index is 1090. The molecule has 2 aromatic rings. The van der Waals surface area contributed by atoms with Crippen LogP contribution >= 0.6 is 0 Å². The Hall–Kier alpha value is -3.60. The van der Waals surface area contributed by atoms with Crippen LogP contribution in [-0.2, 0) is 19.6 Å². The minimum absolute atomic E-state index is 0.0329. The van der Waals surface area contributed by atoms with Gasteiger partial charge in [0.1, 0.15) is 11.8 Å². The van der Waals surface area contributed by atoms with E-state index in [1.165, 1.54) is 25.3 Å². The summed E-state index contributed by atoms with van der Waals surface area (Å²) >= 11 is 0. The maximum atomic E-state index is 12.7. The Morgan fingerprint density at radius 2 is 1.90 bits per heavy atom. The van der Waals surface area contributed by atoms with Gasteiger partial charge in [0.15, 0.2) is 0 Å². The van der Waals surface area contributed by atoms with Gasteiger partial charge in [-0.2, -0.15) is 0 Å². The third kappa shape index (κ3) is 5.06. The summed E-state index contributed by atoms with van der Waals surface area (Å²) in [5.74, 6) is -0.534. The molecule has 30 heavy (non-hydrogen) atoms. The van der Waals surface area contributed by atoms with Crippen LogP contribution in [0.3, 0.4) is 0 Å². The van der Waals surface area contributed by atoms with Crippen molar-refractivity contribution in [3.05, 3.63) is 48.5 Å². The van der Waals surface area contributed by atoms with Crippen LogP contribution in [0.25, 0.3) is 0 Å². The predicted octanol–water partition coefficient (Wildman–Crippen LogP) is 1.42. The summed E-state index contributed by atoms with van der Waals surface area (Å²) in [7, 11) is -2.49. The van der Waals surface area contributed by atoms with E-state index in [0.717, 1.165) is 0 Å². The molecule has 0 radical (unpaired) electrons. The molecule has 0 bridgehead atoms. The van der Waals surface area contributed by atoms with E-state index >= 15 is 0 Å². The number of amides is 4. The van der Waals surface area contributed by atoms with Crippen molar-refractivity contribution in [1.82, 2.24) is 10.6 Å². The summed E-state index contributed by atoms with van der Waals surface area (Å²) in [6, 6.07) is 11.0. The maximum absolute atomic E-state index is 12.7. The molecule has 1 aliphatic rings. The number of nitrogens with one attached hydrogen (secondary N) is 4. The third-order valence-electron chi connectivity index (χ3n) is 4.30. The Kier molecular flexibility index (Phi) is 6.21. The van der Waals surface area contributed by atoms with Crippen molar-refractivity contribution in [2.75, 3.05) is 17.1 Å². The van der Waals surface area contributed by atoms with E-state index in [-0.39, 0.29) is 29.1 Å². The van der Waals surface area contributed by atoms with Crippen molar-refractivity contribution in [2.24, 2.45) is 0 Å². The first kappa shape index (κ1) is 21.1. The largest absolute Gasteiger partial charge is 0.495 e. The lowest BCUT2D eigenvalue weighted by atomic mass is 10.1. The average Bonchev–Trinajstić information content (AvgIpc) is 3.04. The second-order valence-corrected chi connectivity index (χ2v) is 8.12. The van der Waals surface area contributed by atoms with Crippen LogP contribution in [-0.4, -0.2) is 39.4 Å². The summed E-state index contributed by atoms with van der Waals surface area (Å²) in [5.41, 5.74) is 0.564. The number of carbonyl (C=O) groups excluding carboxylic acids is 3. The first-order chi connectivity index (χ1) is 14.3. The Balaban J connectivity index is 1.65. The molecular weight excluding hydrogens is 412 g/mol. The standard InChI is InChI=1S/C19H20N4O6S/c1-29-16-8-3-2-7-14(16)23-30(27,28)13-6-4-5-12(11-13)20-17(24)10-9-15-18(25)22-19(26)21-15/h2-8,11,15,23H,9-10H2,1H3,(H,20,24)(H2,21,22,25,26). The lowest BCUT2D eigenvalue weighted by molar-refractivity contribution is -0.120. The smallest absolute Gasteiger partial charge is 0.322 e. The van der Waals surface area contributed by atoms with Crippen LogP contribution in [0.5, 0.6) is 5.75 Å². The van der Waals surface area contributed by atoms with E-state index < -0.39 is 33.9 Å². The van der Waals surface area contributed by atoms with Crippen molar-refractivity contribution in [2.45, 2.75) is 23.8 Å². The number of anilines is 2. The first-order valence-electron chi connectivity index (χ1n) is 8.95. The predicted molar refractivity (Wildman–Crippen MR) is 109 cm³/mol. The van der Waals surface area contributed by atoms with Crippen LogP contribution in [0.1, 0.15) is 12.8 Å². The molecule has 1 unspecified atom stereocenters. The van der Waals surface area contributed by atoms with Gasteiger partial charge in [0, 0.05) is 12.1 Å². The second kappa shape index (κ2) is 8.82. The molecule has 1 saturated heterocycles. The van der Waals surface area contributed by atoms with Crippen molar-refractivity contribution in [3.63, 3.8) is 0 Å². The van der Waals surface area contributed by atoms with E-state index in [2.05, 4.69) is 20.7 Å². The van der Waals surface area contributed by atoms with Gasteiger partial charge in [0.05, 0.1) is 17.7 Å². The molecule has 0 saturated carbocycles. The van der Waals surface area contributed by atoms with Gasteiger partial charge in [0.25, 0.3) is 15.9 Å². The van der Waals surface area contributed by atoms with E-state index in [0.29, 0.717) is 5.75 Å². The van der Waals surface area contributed by atoms with Crippen molar-refractivity contribution >= 4 is 39.2 Å². The third-order valence-corrected chi connectivity index (χ3v) is 5.66. The molecule has 1 aliphatic heterocycles. The molecule has 4 amide bonds. The van der Waals surface area contributed by atoms with Gasteiger partial charge in [-0.15, -0.1) is 0 Å². The molecule has 0 spiro atoms. The van der Waals surface area contributed by atoms with Gasteiger partial charge in [-0.05, 0) is 36.8 Å². The topological polar surface area (TPSA) is 143 Å². The molecule has 1 fully saturated rings. The molecule has 0 aromatic heterocycles. The number of sulfonamides is 1. The van der Waals surface area contributed by atoms with E-state index in [1.807, 2.05) is 0 Å². The second-order valence-electron chi connectivity index (χ2n) is 6.44. The molecule has 0 aliphatic carbocycles. The molecule has 1 atom stereocenters. The summed E-state index contributed by atoms with van der Waals surface area (Å²) in [4.78, 5) is 34.7. The SMILES string of the molecule is COc1ccccc1NS(=O)(=O)c1cccc(NC(=O)CCC2NC(=O)NC2=O)c1. The zero-order valence-electron chi connectivity index (χ0n) is 16.0. The summed E-state index contributed by atoms with van der Waals surface area (Å²) in [6.07, 6.45) is 0.0889. The highest BCUT2D eigenvalue weighted by molar-refractivity contribution is 7.92. The van der Waals surface area contributed by atoms with Crippen molar-refractivity contribution in [1.29, 1.82) is 0 Å². The Morgan fingerprint density at radius 3 is 2.60 bits per heavy atom. The van der Waals surface area contributed by atoms with Gasteiger partial charge >= 0.3 is 6.03 Å². The monoisotopic (exact) mass is 432 g/mol. The molecule has 3 rings (SSSR count). The van der Waals surface area contributed by atoms with Crippen molar-refractivity contribution < 1.29 is 27.5 Å². The van der Waals surface area contributed by atoms with E-state index in [9.17, 15) is 22.8 Å². The fourth-order valence-corrected chi connectivity index (χ4v) is 3.95. The minimum Gasteiger partial charge on any atom is -0.495 e. The van der Waals surface area contributed by atoms with Gasteiger partial charge in [0.2, 0.25) is 5.91 Å². The van der Waals surface area contributed by atoms with Crippen LogP contribution in [0.2, 0.25) is 0 Å². The number of urea groups is 1. The molecule has 11 heteroatoms. The normalized spacial score (nSPS) is 15.8. The van der Waals surface area contributed by atoms with Crippen LogP contribution in [0, 0.1) is 0 Å². The van der Waals surface area contributed by atoms with Gasteiger partial charge in [-0.1, -0.05) is 18.2 Å². The zero-order valence-corrected chi connectivity index (χ0v) is 16.8. The lowest BCUT2D eigenvalue weighted by Crippen LogP contribution is -2.30. The fraction of sp³-hybridized carbons (Fsp3) is 0.211. The fourth-order valence-electron chi connectivity index (χ4n) is 2.83. The van der Waals surface area contributed by atoms with E-state index in [1.54, 1.807) is 30.3 Å². The highest BCUT2D eigenvalue weighted by atomic mass is 32.2. The molecule has 1 heterocycles. The zero-order chi connectivity index (χ0) is 21.7. The lowest BCUT2D eigenvalue weighted by Gasteiger charge is -2.13. The van der Waals surface area contributed by atoms with E-state index in [4.69, 9.17) is 4.74 Å². The number of rotatable bonds is 8. The Labute approximate surface area is 173 Å². The van der Waals surface area contributed by atoms with Crippen LogP contribution in [0.4, 0.5) is 16.2 Å². The van der Waals surface area contributed by atoms with Gasteiger partial charge < -0.3 is 15.4 Å². The number of imide groups is 1. The highest BCUT2D eigenvalue weighted by Gasteiger charge is 2.29.